The van der Waals surface area contributed by atoms with E-state index in [1.165, 1.54) is 7.11 Å². The zero-order valence-corrected chi connectivity index (χ0v) is 13.0. The van der Waals surface area contributed by atoms with E-state index in [2.05, 4.69) is 0 Å². The summed E-state index contributed by atoms with van der Waals surface area (Å²) in [5.74, 6) is 0.651. The number of rotatable bonds is 3. The number of hydrogen-bond acceptors (Lipinski definition) is 6. The highest BCUT2D eigenvalue weighted by Crippen LogP contribution is 2.37. The first kappa shape index (κ1) is 15.7. The summed E-state index contributed by atoms with van der Waals surface area (Å²) in [7, 11) is 1.26. The summed E-state index contributed by atoms with van der Waals surface area (Å²) in [6.45, 7) is -0.125. The van der Waals surface area contributed by atoms with Crippen molar-refractivity contribution in [3.05, 3.63) is 53.6 Å². The number of para-hydroxylation sites is 2. The SMILES string of the molecule is COC(=O)C1Oc2ccccc2Cc2cccc(OCC#N)c2O1. The third kappa shape index (κ3) is 3.10. The van der Waals surface area contributed by atoms with Crippen LogP contribution in [0.4, 0.5) is 0 Å². The number of nitriles is 1. The molecule has 1 aliphatic rings. The van der Waals surface area contributed by atoms with Gasteiger partial charge in [0.15, 0.2) is 18.1 Å². The fraction of sp³-hybridized carbons (Fsp3) is 0.222. The number of carbonyl (C=O) groups is 1. The van der Waals surface area contributed by atoms with Crippen LogP contribution in [0.25, 0.3) is 0 Å². The normalized spacial score (nSPS) is 15.2. The molecule has 24 heavy (non-hydrogen) atoms. The number of methoxy groups -OCH3 is 1. The first-order valence-corrected chi connectivity index (χ1v) is 7.33. The van der Waals surface area contributed by atoms with Gasteiger partial charge in [-0.2, -0.15) is 5.26 Å². The average molecular weight is 325 g/mol. The van der Waals surface area contributed by atoms with Gasteiger partial charge in [-0.05, 0) is 17.7 Å². The fourth-order valence-electron chi connectivity index (χ4n) is 2.47. The van der Waals surface area contributed by atoms with Crippen LogP contribution in [0.2, 0.25) is 0 Å². The van der Waals surface area contributed by atoms with E-state index in [9.17, 15) is 4.79 Å². The monoisotopic (exact) mass is 325 g/mol. The van der Waals surface area contributed by atoms with Gasteiger partial charge < -0.3 is 18.9 Å². The first-order chi connectivity index (χ1) is 11.7. The van der Waals surface area contributed by atoms with E-state index in [1.54, 1.807) is 12.1 Å². The number of hydrogen-bond donors (Lipinski definition) is 0. The molecule has 2 aromatic carbocycles. The Morgan fingerprint density at radius 1 is 1.21 bits per heavy atom. The smallest absolute Gasteiger partial charge is 0.389 e. The molecule has 0 spiro atoms. The molecule has 6 nitrogen and oxygen atoms in total. The van der Waals surface area contributed by atoms with Gasteiger partial charge in [-0.1, -0.05) is 30.3 Å². The molecule has 1 aliphatic heterocycles. The number of fused-ring (bicyclic) bond motifs is 2. The predicted molar refractivity (Wildman–Crippen MR) is 83.9 cm³/mol. The van der Waals surface area contributed by atoms with Crippen molar-refractivity contribution >= 4 is 5.97 Å². The van der Waals surface area contributed by atoms with Crippen molar-refractivity contribution in [1.29, 1.82) is 5.26 Å². The van der Waals surface area contributed by atoms with E-state index < -0.39 is 12.3 Å². The Morgan fingerprint density at radius 3 is 2.79 bits per heavy atom. The maximum absolute atomic E-state index is 12.0. The lowest BCUT2D eigenvalue weighted by molar-refractivity contribution is -0.162. The van der Waals surface area contributed by atoms with Gasteiger partial charge in [0, 0.05) is 12.0 Å². The minimum absolute atomic E-state index is 0.125. The van der Waals surface area contributed by atoms with Crippen LogP contribution in [0.1, 0.15) is 11.1 Å². The van der Waals surface area contributed by atoms with Crippen LogP contribution in [-0.4, -0.2) is 26.0 Å². The largest absolute Gasteiger partial charge is 0.475 e. The van der Waals surface area contributed by atoms with Crippen molar-refractivity contribution in [1.82, 2.24) is 0 Å². The van der Waals surface area contributed by atoms with E-state index in [0.29, 0.717) is 23.7 Å². The van der Waals surface area contributed by atoms with E-state index in [-0.39, 0.29) is 6.61 Å². The van der Waals surface area contributed by atoms with Crippen molar-refractivity contribution < 1.29 is 23.7 Å². The fourth-order valence-corrected chi connectivity index (χ4v) is 2.47. The van der Waals surface area contributed by atoms with Crippen LogP contribution in [-0.2, 0) is 16.0 Å². The number of ether oxygens (including phenoxy) is 4. The van der Waals surface area contributed by atoms with Crippen LogP contribution in [0, 0.1) is 11.3 Å². The zero-order valence-electron chi connectivity index (χ0n) is 13.0. The Labute approximate surface area is 139 Å². The molecule has 1 atom stereocenters. The molecule has 3 rings (SSSR count). The van der Waals surface area contributed by atoms with Gasteiger partial charge in [0.05, 0.1) is 7.11 Å². The Morgan fingerprint density at radius 2 is 2.00 bits per heavy atom. The Bertz CT molecular complexity index is 796. The van der Waals surface area contributed by atoms with E-state index in [0.717, 1.165) is 11.1 Å². The molecule has 0 saturated heterocycles. The lowest BCUT2D eigenvalue weighted by Crippen LogP contribution is -2.35. The van der Waals surface area contributed by atoms with Gasteiger partial charge >= 0.3 is 12.3 Å². The van der Waals surface area contributed by atoms with Crippen LogP contribution < -0.4 is 14.2 Å². The second-order valence-corrected chi connectivity index (χ2v) is 5.07. The molecule has 0 N–H and O–H groups in total. The van der Waals surface area contributed by atoms with Gasteiger partial charge in [0.2, 0.25) is 0 Å². The van der Waals surface area contributed by atoms with Gasteiger partial charge in [0.1, 0.15) is 11.8 Å². The number of esters is 1. The van der Waals surface area contributed by atoms with Crippen LogP contribution >= 0.6 is 0 Å². The summed E-state index contributed by atoms with van der Waals surface area (Å²) < 4.78 is 21.6. The number of benzene rings is 2. The van der Waals surface area contributed by atoms with Gasteiger partial charge in [-0.25, -0.2) is 4.79 Å². The molecule has 1 heterocycles. The third-order valence-corrected chi connectivity index (χ3v) is 3.56. The van der Waals surface area contributed by atoms with Gasteiger partial charge in [0.25, 0.3) is 0 Å². The first-order valence-electron chi connectivity index (χ1n) is 7.33. The molecule has 1 unspecified atom stereocenters. The van der Waals surface area contributed by atoms with Crippen LogP contribution in [0.5, 0.6) is 17.2 Å². The zero-order chi connectivity index (χ0) is 16.9. The third-order valence-electron chi connectivity index (χ3n) is 3.56. The second kappa shape index (κ2) is 6.92. The van der Waals surface area contributed by atoms with Gasteiger partial charge in [-0.15, -0.1) is 0 Å². The minimum atomic E-state index is -1.26. The molecule has 0 bridgehead atoms. The molecular formula is C18H15NO5. The predicted octanol–water partition coefficient (Wildman–Crippen LogP) is 2.45. The van der Waals surface area contributed by atoms with Crippen molar-refractivity contribution in [2.45, 2.75) is 12.7 Å². The standard InChI is InChI=1S/C18H15NO5/c1-21-17(20)18-23-14-7-3-2-5-12(14)11-13-6-4-8-15(16(13)24-18)22-10-9-19/h2-8,18H,10-11H2,1H3. The lowest BCUT2D eigenvalue weighted by Gasteiger charge is -2.25. The molecule has 122 valence electrons. The summed E-state index contributed by atoms with van der Waals surface area (Å²) >= 11 is 0. The highest BCUT2D eigenvalue weighted by molar-refractivity contribution is 5.74. The highest BCUT2D eigenvalue weighted by atomic mass is 16.7. The van der Waals surface area contributed by atoms with E-state index in [4.69, 9.17) is 24.2 Å². The molecular weight excluding hydrogens is 310 g/mol. The molecule has 2 aromatic rings. The molecule has 0 fully saturated rings. The van der Waals surface area contributed by atoms with Crippen molar-refractivity contribution in [2.24, 2.45) is 0 Å². The average Bonchev–Trinajstić information content (AvgIpc) is 2.59. The van der Waals surface area contributed by atoms with E-state index >= 15 is 0 Å². The molecule has 0 amide bonds. The Kier molecular flexibility index (Phi) is 4.52. The molecule has 0 aliphatic carbocycles. The van der Waals surface area contributed by atoms with Crippen molar-refractivity contribution in [3.63, 3.8) is 0 Å². The summed E-state index contributed by atoms with van der Waals surface area (Å²) in [6.07, 6.45) is -0.717. The Hall–Kier alpha value is -3.20. The maximum atomic E-state index is 12.0. The summed E-state index contributed by atoms with van der Waals surface area (Å²) in [5.41, 5.74) is 1.74. The second-order valence-electron chi connectivity index (χ2n) is 5.07. The topological polar surface area (TPSA) is 77.8 Å². The highest BCUT2D eigenvalue weighted by Gasteiger charge is 2.29. The minimum Gasteiger partial charge on any atom is -0.475 e. The summed E-state index contributed by atoms with van der Waals surface area (Å²) in [5, 5.41) is 8.73. The quantitative estimate of drug-likeness (QED) is 0.807. The molecule has 0 radical (unpaired) electrons. The van der Waals surface area contributed by atoms with Gasteiger partial charge in [-0.3, -0.25) is 0 Å². The molecule has 0 aromatic heterocycles. The number of nitrogens with zero attached hydrogens (tertiary/aromatic N) is 1. The lowest BCUT2D eigenvalue weighted by atomic mass is 10.0. The summed E-state index contributed by atoms with van der Waals surface area (Å²) in [4.78, 5) is 12.0. The summed E-state index contributed by atoms with van der Waals surface area (Å²) in [6, 6.07) is 14.7. The van der Waals surface area contributed by atoms with E-state index in [1.807, 2.05) is 36.4 Å². The number of carbonyl (C=O) groups excluding carboxylic acids is 1. The van der Waals surface area contributed by atoms with Crippen LogP contribution in [0.3, 0.4) is 0 Å². The maximum Gasteiger partial charge on any atom is 0.389 e. The Balaban J connectivity index is 2.08. The van der Waals surface area contributed by atoms with Crippen molar-refractivity contribution in [2.75, 3.05) is 13.7 Å². The molecule has 6 heteroatoms. The van der Waals surface area contributed by atoms with Crippen molar-refractivity contribution in [3.8, 4) is 23.3 Å². The van der Waals surface area contributed by atoms with Crippen LogP contribution in [0.15, 0.2) is 42.5 Å². The molecule has 0 saturated carbocycles.